The number of carboxylic acids is 1. The van der Waals surface area contributed by atoms with Crippen molar-refractivity contribution in [2.75, 3.05) is 0 Å². The monoisotopic (exact) mass is 259 g/mol. The SMILES string of the molecule is O=C(c1ccoc1)c1ccc2n1CCCC2C(=O)O. The predicted octanol–water partition coefficient (Wildman–Crippen LogP) is 2.27. The van der Waals surface area contributed by atoms with Gasteiger partial charge < -0.3 is 14.1 Å². The largest absolute Gasteiger partial charge is 0.481 e. The first kappa shape index (κ1) is 11.8. The van der Waals surface area contributed by atoms with Gasteiger partial charge in [-0.15, -0.1) is 0 Å². The number of aromatic nitrogens is 1. The molecule has 2 aromatic rings. The van der Waals surface area contributed by atoms with Crippen LogP contribution in [0.5, 0.6) is 0 Å². The van der Waals surface area contributed by atoms with E-state index < -0.39 is 11.9 Å². The van der Waals surface area contributed by atoms with Gasteiger partial charge in [-0.1, -0.05) is 0 Å². The number of nitrogens with zero attached hydrogens (tertiary/aromatic N) is 1. The zero-order chi connectivity index (χ0) is 13.4. The topological polar surface area (TPSA) is 72.4 Å². The van der Waals surface area contributed by atoms with Crippen LogP contribution < -0.4 is 0 Å². The van der Waals surface area contributed by atoms with Gasteiger partial charge in [0.25, 0.3) is 0 Å². The zero-order valence-corrected chi connectivity index (χ0v) is 10.2. The molecule has 2 aromatic heterocycles. The molecular weight excluding hydrogens is 246 g/mol. The summed E-state index contributed by atoms with van der Waals surface area (Å²) in [5, 5.41) is 9.20. The minimum absolute atomic E-state index is 0.133. The molecule has 0 amide bonds. The molecule has 0 bridgehead atoms. The molecule has 1 aliphatic heterocycles. The summed E-state index contributed by atoms with van der Waals surface area (Å²) in [5.74, 6) is -1.48. The number of rotatable bonds is 3. The van der Waals surface area contributed by atoms with Gasteiger partial charge in [-0.25, -0.2) is 0 Å². The molecule has 0 aliphatic carbocycles. The van der Waals surface area contributed by atoms with Crippen LogP contribution in [-0.2, 0) is 11.3 Å². The van der Waals surface area contributed by atoms with Gasteiger partial charge in [0.2, 0.25) is 5.78 Å². The predicted molar refractivity (Wildman–Crippen MR) is 66.2 cm³/mol. The molecule has 3 heterocycles. The average Bonchev–Trinajstić information content (AvgIpc) is 3.06. The molecule has 1 N–H and O–H groups in total. The molecule has 1 unspecified atom stereocenters. The van der Waals surface area contributed by atoms with Crippen LogP contribution in [-0.4, -0.2) is 21.4 Å². The molecule has 19 heavy (non-hydrogen) atoms. The Morgan fingerprint density at radius 3 is 2.84 bits per heavy atom. The Labute approximate surface area is 109 Å². The van der Waals surface area contributed by atoms with Crippen LogP contribution >= 0.6 is 0 Å². The lowest BCUT2D eigenvalue weighted by Gasteiger charge is -2.23. The van der Waals surface area contributed by atoms with Gasteiger partial charge in [-0.2, -0.15) is 0 Å². The summed E-state index contributed by atoms with van der Waals surface area (Å²) in [4.78, 5) is 23.5. The summed E-state index contributed by atoms with van der Waals surface area (Å²) >= 11 is 0. The summed E-state index contributed by atoms with van der Waals surface area (Å²) in [6.07, 6.45) is 4.25. The fraction of sp³-hybridized carbons (Fsp3) is 0.286. The number of hydrogen-bond acceptors (Lipinski definition) is 3. The number of carboxylic acid groups (broad SMARTS) is 1. The quantitative estimate of drug-likeness (QED) is 0.858. The maximum Gasteiger partial charge on any atom is 0.312 e. The number of furan rings is 1. The molecule has 5 heteroatoms. The molecule has 0 fully saturated rings. The van der Waals surface area contributed by atoms with E-state index in [9.17, 15) is 14.7 Å². The standard InChI is InChI=1S/C14H13NO4/c16-13(9-5-7-19-8-9)12-4-3-11-10(14(17)18)2-1-6-15(11)12/h3-5,7-8,10H,1-2,6H2,(H,17,18). The molecule has 0 saturated carbocycles. The van der Waals surface area contributed by atoms with E-state index in [1.807, 2.05) is 4.57 Å². The van der Waals surface area contributed by atoms with Gasteiger partial charge >= 0.3 is 5.97 Å². The minimum Gasteiger partial charge on any atom is -0.481 e. The second kappa shape index (κ2) is 4.42. The van der Waals surface area contributed by atoms with E-state index in [2.05, 4.69) is 0 Å². The third-order valence-corrected chi connectivity index (χ3v) is 3.56. The molecular formula is C14H13NO4. The number of carbonyl (C=O) groups is 2. The smallest absolute Gasteiger partial charge is 0.312 e. The zero-order valence-electron chi connectivity index (χ0n) is 10.2. The van der Waals surface area contributed by atoms with Crippen molar-refractivity contribution in [3.8, 4) is 0 Å². The first-order chi connectivity index (χ1) is 9.18. The third-order valence-electron chi connectivity index (χ3n) is 3.56. The van der Waals surface area contributed by atoms with Gasteiger partial charge in [0.05, 0.1) is 23.4 Å². The van der Waals surface area contributed by atoms with Crippen molar-refractivity contribution in [2.45, 2.75) is 25.3 Å². The number of ketones is 1. The van der Waals surface area contributed by atoms with E-state index in [-0.39, 0.29) is 5.78 Å². The number of aliphatic carboxylic acids is 1. The summed E-state index contributed by atoms with van der Waals surface area (Å²) in [5.41, 5.74) is 1.73. The van der Waals surface area contributed by atoms with E-state index in [0.717, 1.165) is 6.42 Å². The van der Waals surface area contributed by atoms with Crippen LogP contribution in [0.2, 0.25) is 0 Å². The van der Waals surface area contributed by atoms with Gasteiger partial charge in [0.15, 0.2) is 0 Å². The highest BCUT2D eigenvalue weighted by molar-refractivity contribution is 6.08. The van der Waals surface area contributed by atoms with E-state index in [1.165, 1.54) is 12.5 Å². The molecule has 0 radical (unpaired) electrons. The van der Waals surface area contributed by atoms with Crippen LogP contribution in [0.1, 0.15) is 40.5 Å². The van der Waals surface area contributed by atoms with Crippen LogP contribution in [0, 0.1) is 0 Å². The van der Waals surface area contributed by atoms with Gasteiger partial charge in [0, 0.05) is 12.2 Å². The van der Waals surface area contributed by atoms with E-state index in [4.69, 9.17) is 4.42 Å². The molecule has 3 rings (SSSR count). The van der Waals surface area contributed by atoms with Gasteiger partial charge in [-0.05, 0) is 31.0 Å². The lowest BCUT2D eigenvalue weighted by Crippen LogP contribution is -2.23. The highest BCUT2D eigenvalue weighted by Gasteiger charge is 2.29. The normalized spacial score (nSPS) is 18.0. The van der Waals surface area contributed by atoms with Crippen LogP contribution in [0.15, 0.2) is 35.1 Å². The Morgan fingerprint density at radius 1 is 1.32 bits per heavy atom. The Kier molecular flexibility index (Phi) is 2.74. The highest BCUT2D eigenvalue weighted by Crippen LogP contribution is 2.30. The number of carbonyl (C=O) groups excluding carboxylic acids is 1. The molecule has 5 nitrogen and oxygen atoms in total. The van der Waals surface area contributed by atoms with Crippen molar-refractivity contribution in [2.24, 2.45) is 0 Å². The van der Waals surface area contributed by atoms with E-state index >= 15 is 0 Å². The summed E-state index contributed by atoms with van der Waals surface area (Å²) in [6.45, 7) is 0.686. The second-order valence-corrected chi connectivity index (χ2v) is 4.67. The summed E-state index contributed by atoms with van der Waals surface area (Å²) in [7, 11) is 0. The van der Waals surface area contributed by atoms with Crippen molar-refractivity contribution in [1.29, 1.82) is 0 Å². The first-order valence-corrected chi connectivity index (χ1v) is 6.17. The van der Waals surface area contributed by atoms with E-state index in [0.29, 0.717) is 29.9 Å². The Hall–Kier alpha value is -2.30. The van der Waals surface area contributed by atoms with Crippen molar-refractivity contribution in [3.05, 3.63) is 47.7 Å². The van der Waals surface area contributed by atoms with Crippen LogP contribution in [0.25, 0.3) is 0 Å². The van der Waals surface area contributed by atoms with Crippen LogP contribution in [0.4, 0.5) is 0 Å². The maximum atomic E-state index is 12.3. The molecule has 0 aromatic carbocycles. The number of fused-ring (bicyclic) bond motifs is 1. The molecule has 0 spiro atoms. The Morgan fingerprint density at radius 2 is 2.16 bits per heavy atom. The second-order valence-electron chi connectivity index (χ2n) is 4.67. The van der Waals surface area contributed by atoms with Gasteiger partial charge in [-0.3, -0.25) is 9.59 Å². The molecule has 0 saturated heterocycles. The maximum absolute atomic E-state index is 12.3. The van der Waals surface area contributed by atoms with Crippen molar-refractivity contribution in [1.82, 2.24) is 4.57 Å². The average molecular weight is 259 g/mol. The molecule has 1 aliphatic rings. The third kappa shape index (κ3) is 1.87. The minimum atomic E-state index is -0.832. The molecule has 1 atom stereocenters. The van der Waals surface area contributed by atoms with Crippen molar-refractivity contribution >= 4 is 11.8 Å². The van der Waals surface area contributed by atoms with Crippen LogP contribution in [0.3, 0.4) is 0 Å². The highest BCUT2D eigenvalue weighted by atomic mass is 16.4. The lowest BCUT2D eigenvalue weighted by molar-refractivity contribution is -0.139. The summed E-state index contributed by atoms with van der Waals surface area (Å²) in [6, 6.07) is 5.05. The number of hydrogen-bond donors (Lipinski definition) is 1. The van der Waals surface area contributed by atoms with Gasteiger partial charge in [0.1, 0.15) is 6.26 Å². The lowest BCUT2D eigenvalue weighted by atomic mass is 9.96. The van der Waals surface area contributed by atoms with E-state index in [1.54, 1.807) is 18.2 Å². The first-order valence-electron chi connectivity index (χ1n) is 6.17. The fourth-order valence-electron chi connectivity index (χ4n) is 2.63. The van der Waals surface area contributed by atoms with Crippen molar-refractivity contribution < 1.29 is 19.1 Å². The Bertz CT molecular complexity index is 624. The van der Waals surface area contributed by atoms with Crippen molar-refractivity contribution in [3.63, 3.8) is 0 Å². The summed E-state index contributed by atoms with van der Waals surface area (Å²) < 4.78 is 6.73. The molecule has 98 valence electrons. The Balaban J connectivity index is 2.02. The fourth-order valence-corrected chi connectivity index (χ4v) is 2.63.